The van der Waals surface area contributed by atoms with E-state index in [2.05, 4.69) is 182 Å². The van der Waals surface area contributed by atoms with Gasteiger partial charge in [-0.15, -0.1) is 0 Å². The van der Waals surface area contributed by atoms with E-state index in [1.54, 1.807) is 0 Å². The molecule has 0 aliphatic heterocycles. The van der Waals surface area contributed by atoms with Crippen LogP contribution in [-0.4, -0.2) is 0 Å². The molecule has 0 radical (unpaired) electrons. The summed E-state index contributed by atoms with van der Waals surface area (Å²) >= 11 is 0. The number of fused-ring (bicyclic) bond motifs is 10. The van der Waals surface area contributed by atoms with Crippen molar-refractivity contribution in [3.8, 4) is 0 Å². The van der Waals surface area contributed by atoms with Gasteiger partial charge >= 0.3 is 0 Å². The molecule has 0 aliphatic carbocycles. The van der Waals surface area contributed by atoms with Crippen LogP contribution in [0, 0.1) is 0 Å². The second-order valence-corrected chi connectivity index (χ2v) is 11.6. The highest BCUT2D eigenvalue weighted by Gasteiger charge is 2.06. The molecule has 0 unspecified atom stereocenters. The molecule has 0 nitrogen and oxygen atoms in total. The van der Waals surface area contributed by atoms with Gasteiger partial charge in [-0.05, 0) is 64.6 Å². The van der Waals surface area contributed by atoms with Gasteiger partial charge in [0.2, 0.25) is 0 Å². The van der Waals surface area contributed by atoms with Gasteiger partial charge < -0.3 is 0 Å². The van der Waals surface area contributed by atoms with E-state index >= 15 is 0 Å². The Balaban J connectivity index is 0. The van der Waals surface area contributed by atoms with Gasteiger partial charge in [0.1, 0.15) is 0 Å². The summed E-state index contributed by atoms with van der Waals surface area (Å²) in [7, 11) is 0. The lowest BCUT2D eigenvalue weighted by Crippen LogP contribution is -1.81. The average molecular weight is 853 g/mol. The van der Waals surface area contributed by atoms with E-state index in [0.29, 0.717) is 0 Å². The number of hydrogen-bond donors (Lipinski definition) is 0. The Morgan fingerprint density at radius 2 is 0.266 bits per heavy atom. The molecular weight excluding hydrogens is 769 g/mol. The van der Waals surface area contributed by atoms with Crippen molar-refractivity contribution < 1.29 is 0 Å². The molecule has 10 rings (SSSR count). The van der Waals surface area contributed by atoms with Crippen molar-refractivity contribution in [2.24, 2.45) is 0 Å². The Morgan fingerprint density at radius 1 is 0.125 bits per heavy atom. The van der Waals surface area contributed by atoms with Crippen LogP contribution in [0.25, 0.3) is 64.6 Å². The second kappa shape index (κ2) is 40.8. The maximum atomic E-state index is 2.21. The van der Waals surface area contributed by atoms with Gasteiger partial charge in [-0.25, -0.2) is 0 Å². The minimum Gasteiger partial charge on any atom is -0.0683 e. The standard InChI is InChI=1S/C18H12.C14H10.C10H8.C6H6.8C2H6/c1-2-8-14-13(7-1)15-9-3-4-11-17(15)18-12-6-5-10-16(14)18;1-3-7-13-11(5-1)9-10-12-6-2-4-8-14(12)13;1-2-6-10-8-4-3-7-9(10)5-1;1-2-4-6-5-3-1;8*1-2/h1-12H;1-10H;1-8H;1-6H;8*1-2H3. The van der Waals surface area contributed by atoms with Crippen molar-refractivity contribution in [2.45, 2.75) is 111 Å². The molecular formula is C64H84. The summed E-state index contributed by atoms with van der Waals surface area (Å²) in [4.78, 5) is 0. The van der Waals surface area contributed by atoms with Crippen LogP contribution in [-0.2, 0) is 0 Å². The molecule has 64 heavy (non-hydrogen) atoms. The Morgan fingerprint density at radius 3 is 0.453 bits per heavy atom. The lowest BCUT2D eigenvalue weighted by Gasteiger charge is -2.09. The SMILES string of the molecule is CC.CC.CC.CC.CC.CC.CC.CC.c1ccc2c(c1)c1ccccc1c1ccccc21.c1ccc2c(c1)ccc1ccccc12.c1ccc2ccccc2c1.c1ccccc1. The molecule has 0 heterocycles. The van der Waals surface area contributed by atoms with Crippen molar-refractivity contribution in [3.63, 3.8) is 0 Å². The molecule has 0 saturated carbocycles. The van der Waals surface area contributed by atoms with E-state index in [9.17, 15) is 0 Å². The van der Waals surface area contributed by atoms with Crippen LogP contribution in [0.5, 0.6) is 0 Å². The molecule has 0 aromatic heterocycles. The zero-order chi connectivity index (χ0) is 48.4. The fraction of sp³-hybridized carbons (Fsp3) is 0.250. The van der Waals surface area contributed by atoms with Gasteiger partial charge in [-0.1, -0.05) is 329 Å². The fourth-order valence-corrected chi connectivity index (χ4v) is 6.33. The first-order valence-electron chi connectivity index (χ1n) is 24.5. The van der Waals surface area contributed by atoms with E-state index in [0.717, 1.165) is 0 Å². The average Bonchev–Trinajstić information content (AvgIpc) is 3.44. The first-order valence-corrected chi connectivity index (χ1v) is 24.5. The third-order valence-corrected chi connectivity index (χ3v) is 8.63. The van der Waals surface area contributed by atoms with Crippen LogP contribution >= 0.6 is 0 Å². The van der Waals surface area contributed by atoms with Crippen molar-refractivity contribution in [1.82, 2.24) is 0 Å². The Bertz CT molecular complexity index is 2200. The number of benzene rings is 10. The van der Waals surface area contributed by atoms with E-state index < -0.39 is 0 Å². The topological polar surface area (TPSA) is 0 Å². The normalized spacial score (nSPS) is 8.62. The fourth-order valence-electron chi connectivity index (χ4n) is 6.33. The molecule has 10 aromatic rings. The molecule has 0 atom stereocenters. The summed E-state index contributed by atoms with van der Waals surface area (Å²) in [6, 6.07) is 76.0. The summed E-state index contributed by atoms with van der Waals surface area (Å²) in [6.07, 6.45) is 0. The van der Waals surface area contributed by atoms with Crippen molar-refractivity contribution >= 4 is 64.6 Å². The molecule has 0 N–H and O–H groups in total. The Kier molecular flexibility index (Phi) is 38.2. The summed E-state index contributed by atoms with van der Waals surface area (Å²) in [6.45, 7) is 32.0. The predicted octanol–water partition coefficient (Wildman–Crippen LogP) is 21.9. The first kappa shape index (κ1) is 59.9. The minimum absolute atomic E-state index is 1.31. The highest BCUT2D eigenvalue weighted by Crippen LogP contribution is 2.34. The molecule has 0 amide bonds. The maximum Gasteiger partial charge on any atom is -0.00990 e. The Labute approximate surface area is 392 Å². The van der Waals surface area contributed by atoms with Crippen molar-refractivity contribution in [3.05, 3.63) is 218 Å². The molecule has 10 aromatic carbocycles. The predicted molar refractivity (Wildman–Crippen MR) is 302 cm³/mol. The smallest absolute Gasteiger partial charge is 0.00990 e. The van der Waals surface area contributed by atoms with Crippen LogP contribution in [0.4, 0.5) is 0 Å². The minimum atomic E-state index is 1.31. The van der Waals surface area contributed by atoms with E-state index in [4.69, 9.17) is 0 Å². The molecule has 0 aliphatic rings. The Hall–Kier alpha value is -6.24. The maximum absolute atomic E-state index is 2.21. The highest BCUT2D eigenvalue weighted by molar-refractivity contribution is 6.25. The summed E-state index contributed by atoms with van der Waals surface area (Å²) in [5.41, 5.74) is 0. The van der Waals surface area contributed by atoms with Gasteiger partial charge in [0.05, 0.1) is 0 Å². The zero-order valence-corrected chi connectivity index (χ0v) is 42.8. The van der Waals surface area contributed by atoms with E-state index in [1.165, 1.54) is 64.6 Å². The van der Waals surface area contributed by atoms with Gasteiger partial charge in [-0.3, -0.25) is 0 Å². The van der Waals surface area contributed by atoms with E-state index in [1.807, 2.05) is 147 Å². The van der Waals surface area contributed by atoms with Crippen molar-refractivity contribution in [1.29, 1.82) is 0 Å². The summed E-state index contributed by atoms with van der Waals surface area (Å²) in [5, 5.41) is 16.0. The van der Waals surface area contributed by atoms with Gasteiger partial charge in [0.25, 0.3) is 0 Å². The van der Waals surface area contributed by atoms with Crippen LogP contribution in [0.15, 0.2) is 218 Å². The van der Waals surface area contributed by atoms with Crippen LogP contribution < -0.4 is 0 Å². The quantitative estimate of drug-likeness (QED) is 0.133. The van der Waals surface area contributed by atoms with Crippen molar-refractivity contribution in [2.75, 3.05) is 0 Å². The third kappa shape index (κ3) is 19.0. The third-order valence-electron chi connectivity index (χ3n) is 8.63. The summed E-state index contributed by atoms with van der Waals surface area (Å²) in [5.74, 6) is 0. The van der Waals surface area contributed by atoms with Crippen LogP contribution in [0.3, 0.4) is 0 Å². The van der Waals surface area contributed by atoms with E-state index in [-0.39, 0.29) is 0 Å². The van der Waals surface area contributed by atoms with Crippen LogP contribution in [0.1, 0.15) is 111 Å². The molecule has 0 saturated heterocycles. The zero-order valence-electron chi connectivity index (χ0n) is 42.8. The first-order chi connectivity index (χ1) is 31.9. The summed E-state index contributed by atoms with van der Waals surface area (Å²) < 4.78 is 0. The molecule has 0 fully saturated rings. The number of hydrogen-bond acceptors (Lipinski definition) is 0. The largest absolute Gasteiger partial charge is 0.0683 e. The van der Waals surface area contributed by atoms with Gasteiger partial charge in [0, 0.05) is 0 Å². The lowest BCUT2D eigenvalue weighted by atomic mass is 9.95. The van der Waals surface area contributed by atoms with Gasteiger partial charge in [0.15, 0.2) is 0 Å². The van der Waals surface area contributed by atoms with Crippen LogP contribution in [0.2, 0.25) is 0 Å². The number of rotatable bonds is 0. The lowest BCUT2D eigenvalue weighted by molar-refractivity contribution is 1.50. The second-order valence-electron chi connectivity index (χ2n) is 11.6. The molecule has 0 spiro atoms. The molecule has 340 valence electrons. The highest BCUT2D eigenvalue weighted by atomic mass is 14.1. The molecule has 0 heteroatoms. The molecule has 0 bridgehead atoms. The monoisotopic (exact) mass is 853 g/mol. The van der Waals surface area contributed by atoms with Gasteiger partial charge in [-0.2, -0.15) is 0 Å².